The number of rotatable bonds is 5. The zero-order chi connectivity index (χ0) is 13.8. The van der Waals surface area contributed by atoms with Crippen LogP contribution in [0.1, 0.15) is 30.7 Å². The summed E-state index contributed by atoms with van der Waals surface area (Å²) < 4.78 is 8.04. The molecule has 1 heterocycles. The van der Waals surface area contributed by atoms with Gasteiger partial charge in [0.05, 0.1) is 12.8 Å². The third kappa shape index (κ3) is 2.98. The first-order valence-corrected chi connectivity index (χ1v) is 7.00. The predicted molar refractivity (Wildman–Crippen MR) is 77.3 cm³/mol. The van der Waals surface area contributed by atoms with Crippen molar-refractivity contribution < 1.29 is 9.84 Å². The molecule has 2 rings (SSSR count). The molecular weight excluding hydrogens is 308 g/mol. The summed E-state index contributed by atoms with van der Waals surface area (Å²) in [6.07, 6.45) is 1.93. The lowest BCUT2D eigenvalue weighted by molar-refractivity contribution is 0.202. The molecule has 19 heavy (non-hydrogen) atoms. The third-order valence-corrected chi connectivity index (χ3v) is 3.44. The van der Waals surface area contributed by atoms with Gasteiger partial charge in [0.25, 0.3) is 0 Å². The first-order chi connectivity index (χ1) is 9.17. The smallest absolute Gasteiger partial charge is 0.125 e. The number of nitrogens with zero attached hydrogens (tertiary/aromatic N) is 2. The van der Waals surface area contributed by atoms with Gasteiger partial charge in [-0.05, 0) is 30.7 Å². The Morgan fingerprint density at radius 3 is 2.89 bits per heavy atom. The van der Waals surface area contributed by atoms with Crippen LogP contribution >= 0.6 is 15.9 Å². The molecule has 0 aliphatic rings. The lowest BCUT2D eigenvalue weighted by Crippen LogP contribution is -2.11. The number of benzene rings is 1. The zero-order valence-electron chi connectivity index (χ0n) is 11.0. The maximum absolute atomic E-state index is 10.6. The number of methoxy groups -OCH3 is 1. The number of ether oxygens (including phenoxy) is 1. The summed E-state index contributed by atoms with van der Waals surface area (Å²) in [7, 11) is 1.60. The second-order valence-corrected chi connectivity index (χ2v) is 5.18. The van der Waals surface area contributed by atoms with Crippen molar-refractivity contribution in [3.63, 3.8) is 0 Å². The average molecular weight is 325 g/mol. The summed E-state index contributed by atoms with van der Waals surface area (Å²) in [5.74, 6) is 0.667. The fourth-order valence-corrected chi connectivity index (χ4v) is 2.43. The molecule has 0 saturated carbocycles. The quantitative estimate of drug-likeness (QED) is 0.919. The highest BCUT2D eigenvalue weighted by molar-refractivity contribution is 9.10. The molecule has 0 saturated heterocycles. The Bertz CT molecular complexity index is 554. The molecule has 0 amide bonds. The van der Waals surface area contributed by atoms with E-state index in [-0.39, 0.29) is 0 Å². The van der Waals surface area contributed by atoms with Crippen LogP contribution in [0.15, 0.2) is 34.9 Å². The highest BCUT2D eigenvalue weighted by Crippen LogP contribution is 2.32. The van der Waals surface area contributed by atoms with Crippen LogP contribution in [0.2, 0.25) is 0 Å². The molecule has 0 aliphatic heterocycles. The first-order valence-electron chi connectivity index (χ1n) is 6.20. The fourth-order valence-electron chi connectivity index (χ4n) is 2.05. The second kappa shape index (κ2) is 6.21. The standard InChI is InChI=1S/C14H17BrN2O2/c1-3-8-17-12(6-7-16-17)14(18)11-9-10(15)4-5-13(11)19-2/h4-7,9,14,18H,3,8H2,1-2H3. The van der Waals surface area contributed by atoms with Gasteiger partial charge in [-0.3, -0.25) is 4.68 Å². The number of aliphatic hydroxyl groups excluding tert-OH is 1. The van der Waals surface area contributed by atoms with E-state index in [1.807, 2.05) is 28.9 Å². The molecule has 1 unspecified atom stereocenters. The number of aromatic nitrogens is 2. The van der Waals surface area contributed by atoms with E-state index in [2.05, 4.69) is 28.0 Å². The maximum Gasteiger partial charge on any atom is 0.125 e. The van der Waals surface area contributed by atoms with Crippen LogP contribution in [0.4, 0.5) is 0 Å². The Hall–Kier alpha value is -1.33. The zero-order valence-corrected chi connectivity index (χ0v) is 12.6. The van der Waals surface area contributed by atoms with Gasteiger partial charge in [0.15, 0.2) is 0 Å². The highest BCUT2D eigenvalue weighted by Gasteiger charge is 2.19. The predicted octanol–water partition coefficient (Wildman–Crippen LogP) is 3.15. The fraction of sp³-hybridized carbons (Fsp3) is 0.357. The van der Waals surface area contributed by atoms with Crippen molar-refractivity contribution in [3.8, 4) is 5.75 Å². The van der Waals surface area contributed by atoms with Crippen LogP contribution in [-0.2, 0) is 6.54 Å². The minimum atomic E-state index is -0.749. The largest absolute Gasteiger partial charge is 0.496 e. The molecule has 1 atom stereocenters. The van der Waals surface area contributed by atoms with Gasteiger partial charge in [-0.2, -0.15) is 5.10 Å². The van der Waals surface area contributed by atoms with Crippen molar-refractivity contribution in [2.75, 3.05) is 7.11 Å². The van der Waals surface area contributed by atoms with Crippen molar-refractivity contribution in [1.29, 1.82) is 0 Å². The Kier molecular flexibility index (Phi) is 4.61. The first kappa shape index (κ1) is 14.1. The van der Waals surface area contributed by atoms with Crippen molar-refractivity contribution in [1.82, 2.24) is 9.78 Å². The van der Waals surface area contributed by atoms with Gasteiger partial charge in [0.1, 0.15) is 11.9 Å². The van der Waals surface area contributed by atoms with Gasteiger partial charge < -0.3 is 9.84 Å². The van der Waals surface area contributed by atoms with Crippen molar-refractivity contribution >= 4 is 15.9 Å². The molecule has 0 spiro atoms. The van der Waals surface area contributed by atoms with E-state index in [9.17, 15) is 5.11 Å². The Balaban J connectivity index is 2.40. The Morgan fingerprint density at radius 1 is 1.42 bits per heavy atom. The van der Waals surface area contributed by atoms with E-state index in [0.717, 1.165) is 28.7 Å². The monoisotopic (exact) mass is 324 g/mol. The molecule has 102 valence electrons. The summed E-state index contributed by atoms with van der Waals surface area (Å²) in [5, 5.41) is 14.8. The molecule has 4 nitrogen and oxygen atoms in total. The Morgan fingerprint density at radius 2 is 2.21 bits per heavy atom. The van der Waals surface area contributed by atoms with E-state index >= 15 is 0 Å². The SMILES string of the molecule is CCCn1nccc1C(O)c1cc(Br)ccc1OC. The molecule has 0 aliphatic carbocycles. The molecule has 0 fully saturated rings. The number of halogens is 1. The number of hydrogen-bond donors (Lipinski definition) is 1. The molecule has 1 aromatic heterocycles. The molecule has 5 heteroatoms. The molecule has 1 N–H and O–H groups in total. The van der Waals surface area contributed by atoms with Crippen molar-refractivity contribution in [2.24, 2.45) is 0 Å². The van der Waals surface area contributed by atoms with E-state index in [1.165, 1.54) is 0 Å². The van der Waals surface area contributed by atoms with Gasteiger partial charge in [-0.1, -0.05) is 22.9 Å². The van der Waals surface area contributed by atoms with E-state index in [1.54, 1.807) is 13.3 Å². The van der Waals surface area contributed by atoms with Gasteiger partial charge >= 0.3 is 0 Å². The van der Waals surface area contributed by atoms with E-state index in [0.29, 0.717) is 5.75 Å². The maximum atomic E-state index is 10.6. The van der Waals surface area contributed by atoms with Crippen LogP contribution in [0.25, 0.3) is 0 Å². The van der Waals surface area contributed by atoms with Crippen LogP contribution < -0.4 is 4.74 Å². The number of hydrogen-bond acceptors (Lipinski definition) is 3. The molecule has 1 aromatic carbocycles. The topological polar surface area (TPSA) is 47.3 Å². The normalized spacial score (nSPS) is 12.4. The molecular formula is C14H17BrN2O2. The van der Waals surface area contributed by atoms with Crippen molar-refractivity contribution in [3.05, 3.63) is 46.2 Å². The average Bonchev–Trinajstić information content (AvgIpc) is 2.86. The number of aryl methyl sites for hydroxylation is 1. The summed E-state index contributed by atoms with van der Waals surface area (Å²) in [5.41, 5.74) is 1.51. The van der Waals surface area contributed by atoms with Gasteiger partial charge in [-0.15, -0.1) is 0 Å². The summed E-state index contributed by atoms with van der Waals surface area (Å²) >= 11 is 3.42. The third-order valence-electron chi connectivity index (χ3n) is 2.95. The van der Waals surface area contributed by atoms with Gasteiger partial charge in [-0.25, -0.2) is 0 Å². The molecule has 2 aromatic rings. The van der Waals surface area contributed by atoms with E-state index < -0.39 is 6.10 Å². The lowest BCUT2D eigenvalue weighted by atomic mass is 10.1. The Labute approximate surface area is 121 Å². The van der Waals surface area contributed by atoms with Crippen molar-refractivity contribution in [2.45, 2.75) is 26.0 Å². The van der Waals surface area contributed by atoms with Crippen LogP contribution in [-0.4, -0.2) is 22.0 Å². The molecule has 0 radical (unpaired) electrons. The van der Waals surface area contributed by atoms with Crippen LogP contribution in [0.3, 0.4) is 0 Å². The molecule has 0 bridgehead atoms. The van der Waals surface area contributed by atoms with E-state index in [4.69, 9.17) is 4.74 Å². The lowest BCUT2D eigenvalue weighted by Gasteiger charge is -2.16. The van der Waals surface area contributed by atoms with Crippen LogP contribution in [0.5, 0.6) is 5.75 Å². The van der Waals surface area contributed by atoms with Gasteiger partial charge in [0, 0.05) is 22.8 Å². The van der Waals surface area contributed by atoms with Gasteiger partial charge in [0.2, 0.25) is 0 Å². The summed E-state index contributed by atoms with van der Waals surface area (Å²) in [4.78, 5) is 0. The summed E-state index contributed by atoms with van der Waals surface area (Å²) in [6.45, 7) is 2.87. The van der Waals surface area contributed by atoms with Crippen LogP contribution in [0, 0.1) is 0 Å². The summed E-state index contributed by atoms with van der Waals surface area (Å²) in [6, 6.07) is 7.43. The second-order valence-electron chi connectivity index (χ2n) is 4.27. The minimum absolute atomic E-state index is 0.667. The number of aliphatic hydroxyl groups is 1. The minimum Gasteiger partial charge on any atom is -0.496 e. The highest BCUT2D eigenvalue weighted by atomic mass is 79.9.